The lowest BCUT2D eigenvalue weighted by molar-refractivity contribution is 0.334. The molecule has 1 aromatic rings. The Kier molecular flexibility index (Phi) is 6.83. The summed E-state index contributed by atoms with van der Waals surface area (Å²) in [6.07, 6.45) is 1.74. The molecule has 0 saturated carbocycles. The minimum absolute atomic E-state index is 0.451. The van der Waals surface area contributed by atoms with Gasteiger partial charge in [0.1, 0.15) is 11.6 Å². The molecule has 1 rings (SSSR count). The second-order valence-electron chi connectivity index (χ2n) is 4.54. The third-order valence-corrected chi connectivity index (χ3v) is 2.88. The maximum atomic E-state index is 13.4. The summed E-state index contributed by atoms with van der Waals surface area (Å²) < 4.78 is 26.1. The summed E-state index contributed by atoms with van der Waals surface area (Å²) in [4.78, 5) is 2.14. The van der Waals surface area contributed by atoms with Gasteiger partial charge < -0.3 is 10.2 Å². The second-order valence-corrected chi connectivity index (χ2v) is 4.54. The molecule has 0 aliphatic carbocycles. The van der Waals surface area contributed by atoms with Crippen molar-refractivity contribution >= 4 is 0 Å². The average Bonchev–Trinajstić information content (AvgIpc) is 2.33. The number of likely N-dealkylation sites (N-methyl/N-ethyl adjacent to an activating group) is 1. The Morgan fingerprint density at radius 2 is 1.94 bits per heavy atom. The van der Waals surface area contributed by atoms with Crippen molar-refractivity contribution in [3.8, 4) is 0 Å². The zero-order valence-corrected chi connectivity index (χ0v) is 11.2. The molecule has 0 fully saturated rings. The molecule has 0 spiro atoms. The second kappa shape index (κ2) is 8.16. The first-order valence-corrected chi connectivity index (χ1v) is 6.46. The summed E-state index contributed by atoms with van der Waals surface area (Å²) in [5, 5.41) is 3.32. The van der Waals surface area contributed by atoms with Crippen LogP contribution in [-0.4, -0.2) is 38.1 Å². The Morgan fingerprint density at radius 1 is 1.17 bits per heavy atom. The van der Waals surface area contributed by atoms with Crippen molar-refractivity contribution in [3.05, 3.63) is 35.4 Å². The first-order valence-electron chi connectivity index (χ1n) is 6.46. The molecule has 1 N–H and O–H groups in total. The van der Waals surface area contributed by atoms with Crippen LogP contribution in [0.3, 0.4) is 0 Å². The Balaban J connectivity index is 2.27. The van der Waals surface area contributed by atoms with Crippen LogP contribution >= 0.6 is 0 Å². The van der Waals surface area contributed by atoms with E-state index in [-0.39, 0.29) is 0 Å². The zero-order valence-electron chi connectivity index (χ0n) is 11.2. The van der Waals surface area contributed by atoms with E-state index < -0.39 is 11.6 Å². The van der Waals surface area contributed by atoms with Gasteiger partial charge in [0.2, 0.25) is 0 Å². The minimum atomic E-state index is -0.520. The molecule has 0 aliphatic rings. The number of nitrogens with one attached hydrogen (secondary N) is 1. The van der Waals surface area contributed by atoms with Crippen LogP contribution in [0.5, 0.6) is 0 Å². The van der Waals surface area contributed by atoms with Gasteiger partial charge in [-0.3, -0.25) is 0 Å². The van der Waals surface area contributed by atoms with E-state index in [1.165, 1.54) is 12.1 Å². The molecule has 4 heteroatoms. The minimum Gasteiger partial charge on any atom is -0.315 e. The van der Waals surface area contributed by atoms with Crippen molar-refractivity contribution in [2.45, 2.75) is 19.8 Å². The number of rotatable bonds is 8. The van der Waals surface area contributed by atoms with Crippen LogP contribution in [0.2, 0.25) is 0 Å². The summed E-state index contributed by atoms with van der Waals surface area (Å²) in [6.45, 7) is 5.81. The van der Waals surface area contributed by atoms with Crippen LogP contribution < -0.4 is 5.32 Å². The van der Waals surface area contributed by atoms with E-state index in [2.05, 4.69) is 17.1 Å². The smallest absolute Gasteiger partial charge is 0.129 e. The summed E-state index contributed by atoms with van der Waals surface area (Å²) in [5.41, 5.74) is 0.574. The zero-order chi connectivity index (χ0) is 13.4. The molecule has 18 heavy (non-hydrogen) atoms. The summed E-state index contributed by atoms with van der Waals surface area (Å²) in [6, 6.07) is 3.77. The van der Waals surface area contributed by atoms with Crippen LogP contribution in [-0.2, 0) is 6.42 Å². The fourth-order valence-corrected chi connectivity index (χ4v) is 1.72. The first-order chi connectivity index (χ1) is 8.63. The maximum absolute atomic E-state index is 13.4. The van der Waals surface area contributed by atoms with E-state index in [4.69, 9.17) is 0 Å². The fourth-order valence-electron chi connectivity index (χ4n) is 1.72. The van der Waals surface area contributed by atoms with Gasteiger partial charge in [0.15, 0.2) is 0 Å². The molecular formula is C14H22F2N2. The van der Waals surface area contributed by atoms with E-state index in [0.29, 0.717) is 12.0 Å². The van der Waals surface area contributed by atoms with E-state index in [1.54, 1.807) is 0 Å². The van der Waals surface area contributed by atoms with Crippen molar-refractivity contribution in [1.29, 1.82) is 0 Å². The quantitative estimate of drug-likeness (QED) is 0.719. The van der Waals surface area contributed by atoms with Crippen molar-refractivity contribution < 1.29 is 8.78 Å². The molecule has 0 saturated heterocycles. The SMILES string of the molecule is CCCNCCN(C)CCc1ccc(F)cc1F. The van der Waals surface area contributed by atoms with Crippen molar-refractivity contribution in [2.24, 2.45) is 0 Å². The molecule has 1 aromatic carbocycles. The van der Waals surface area contributed by atoms with Crippen LogP contribution in [0.25, 0.3) is 0 Å². The topological polar surface area (TPSA) is 15.3 Å². The summed E-state index contributed by atoms with van der Waals surface area (Å²) in [7, 11) is 2.01. The van der Waals surface area contributed by atoms with E-state index >= 15 is 0 Å². The van der Waals surface area contributed by atoms with E-state index in [9.17, 15) is 8.78 Å². The predicted octanol–water partition coefficient (Wildman–Crippen LogP) is 2.44. The molecule has 102 valence electrons. The molecule has 0 unspecified atom stereocenters. The number of nitrogens with zero attached hydrogens (tertiary/aromatic N) is 1. The first kappa shape index (κ1) is 15.1. The highest BCUT2D eigenvalue weighted by molar-refractivity contribution is 5.18. The monoisotopic (exact) mass is 256 g/mol. The number of halogens is 2. The third-order valence-electron chi connectivity index (χ3n) is 2.88. The van der Waals surface area contributed by atoms with Crippen molar-refractivity contribution in [2.75, 3.05) is 33.2 Å². The lowest BCUT2D eigenvalue weighted by Gasteiger charge is -2.17. The average molecular weight is 256 g/mol. The van der Waals surface area contributed by atoms with Gasteiger partial charge in [0.25, 0.3) is 0 Å². The largest absolute Gasteiger partial charge is 0.315 e. The van der Waals surface area contributed by atoms with Gasteiger partial charge in [-0.05, 0) is 38.1 Å². The lowest BCUT2D eigenvalue weighted by Crippen LogP contribution is -2.31. The molecule has 2 nitrogen and oxygen atoms in total. The van der Waals surface area contributed by atoms with Crippen LogP contribution in [0.15, 0.2) is 18.2 Å². The number of benzene rings is 1. The molecular weight excluding hydrogens is 234 g/mol. The Bertz CT molecular complexity index is 356. The van der Waals surface area contributed by atoms with E-state index in [1.807, 2.05) is 7.05 Å². The molecule has 0 aliphatic heterocycles. The van der Waals surface area contributed by atoms with Crippen LogP contribution in [0.1, 0.15) is 18.9 Å². The summed E-state index contributed by atoms with van der Waals surface area (Å²) >= 11 is 0. The molecule has 0 bridgehead atoms. The van der Waals surface area contributed by atoms with Gasteiger partial charge in [0, 0.05) is 25.7 Å². The van der Waals surface area contributed by atoms with Gasteiger partial charge in [0.05, 0.1) is 0 Å². The van der Waals surface area contributed by atoms with Gasteiger partial charge in [-0.15, -0.1) is 0 Å². The normalized spacial score (nSPS) is 11.2. The predicted molar refractivity (Wildman–Crippen MR) is 70.7 cm³/mol. The summed E-state index contributed by atoms with van der Waals surface area (Å²) in [5.74, 6) is -0.971. The number of hydrogen-bond acceptors (Lipinski definition) is 2. The lowest BCUT2D eigenvalue weighted by atomic mass is 10.1. The van der Waals surface area contributed by atoms with Gasteiger partial charge in [-0.2, -0.15) is 0 Å². The Hall–Kier alpha value is -1.00. The van der Waals surface area contributed by atoms with Gasteiger partial charge >= 0.3 is 0 Å². The molecule has 0 atom stereocenters. The molecule has 0 aromatic heterocycles. The van der Waals surface area contributed by atoms with Gasteiger partial charge in [-0.25, -0.2) is 8.78 Å². The molecule has 0 amide bonds. The van der Waals surface area contributed by atoms with Crippen LogP contribution in [0.4, 0.5) is 8.78 Å². The van der Waals surface area contributed by atoms with E-state index in [0.717, 1.165) is 38.7 Å². The standard InChI is InChI=1S/C14H22F2N2/c1-3-7-17-8-10-18(2)9-6-12-4-5-13(15)11-14(12)16/h4-5,11,17H,3,6-10H2,1-2H3. The number of hydrogen-bond donors (Lipinski definition) is 1. The van der Waals surface area contributed by atoms with Crippen molar-refractivity contribution in [3.63, 3.8) is 0 Å². The highest BCUT2D eigenvalue weighted by Crippen LogP contribution is 2.10. The van der Waals surface area contributed by atoms with Crippen LogP contribution in [0, 0.1) is 11.6 Å². The third kappa shape index (κ3) is 5.56. The highest BCUT2D eigenvalue weighted by Gasteiger charge is 2.05. The Labute approximate surface area is 108 Å². The molecule has 0 radical (unpaired) electrons. The van der Waals surface area contributed by atoms with Crippen molar-refractivity contribution in [1.82, 2.24) is 10.2 Å². The highest BCUT2D eigenvalue weighted by atomic mass is 19.1. The fraction of sp³-hybridized carbons (Fsp3) is 0.571. The Morgan fingerprint density at radius 3 is 2.61 bits per heavy atom. The van der Waals surface area contributed by atoms with Gasteiger partial charge in [-0.1, -0.05) is 13.0 Å². The maximum Gasteiger partial charge on any atom is 0.129 e. The molecule has 0 heterocycles.